The molecule has 0 radical (unpaired) electrons. The van der Waals surface area contributed by atoms with Crippen molar-refractivity contribution in [3.8, 4) is 0 Å². The predicted molar refractivity (Wildman–Crippen MR) is 80.0 cm³/mol. The van der Waals surface area contributed by atoms with Crippen molar-refractivity contribution in [1.29, 1.82) is 0 Å². The molecule has 0 bridgehead atoms. The molecule has 0 fully saturated rings. The number of para-hydroxylation sites is 1. The summed E-state index contributed by atoms with van der Waals surface area (Å²) in [5.74, 6) is -0.926. The van der Waals surface area contributed by atoms with Crippen LogP contribution in [0, 0.1) is 0 Å². The number of nitrogens with zero attached hydrogens (tertiary/aromatic N) is 1. The minimum atomic E-state index is -0.598. The number of anilines is 1. The molecule has 0 aliphatic carbocycles. The summed E-state index contributed by atoms with van der Waals surface area (Å²) in [5.41, 5.74) is 10.7. The fraction of sp³-hybridized carbons (Fsp3) is 0. The number of carbonyl (C=O) groups is 2. The molecule has 1 aromatic carbocycles. The maximum Gasteiger partial charge on any atom is 0.275 e. The average Bonchev–Trinajstić information content (AvgIpc) is 2.85. The van der Waals surface area contributed by atoms with Gasteiger partial charge in [-0.2, -0.15) is 5.10 Å². The highest BCUT2D eigenvalue weighted by Crippen LogP contribution is 2.26. The van der Waals surface area contributed by atoms with Crippen molar-refractivity contribution in [2.75, 3.05) is 5.32 Å². The van der Waals surface area contributed by atoms with E-state index in [2.05, 4.69) is 15.8 Å². The molecule has 104 valence electrons. The molecule has 0 spiro atoms. The molecular formula is C15H12N4O2. The third kappa shape index (κ3) is 2.46. The summed E-state index contributed by atoms with van der Waals surface area (Å²) >= 11 is 0. The highest BCUT2D eigenvalue weighted by molar-refractivity contribution is 6.30. The van der Waals surface area contributed by atoms with Crippen molar-refractivity contribution in [1.82, 2.24) is 5.43 Å². The van der Waals surface area contributed by atoms with E-state index in [-0.39, 0.29) is 5.91 Å². The summed E-state index contributed by atoms with van der Waals surface area (Å²) in [7, 11) is 0. The van der Waals surface area contributed by atoms with Crippen LogP contribution in [0.1, 0.15) is 5.56 Å². The normalized spacial score (nSPS) is 20.0. The summed E-state index contributed by atoms with van der Waals surface area (Å²) in [6, 6.07) is 7.73. The Morgan fingerprint density at radius 3 is 2.86 bits per heavy atom. The van der Waals surface area contributed by atoms with Crippen LogP contribution in [0.5, 0.6) is 0 Å². The second-order valence-electron chi connectivity index (χ2n) is 4.51. The number of rotatable bonds is 2. The zero-order valence-corrected chi connectivity index (χ0v) is 11.0. The van der Waals surface area contributed by atoms with Gasteiger partial charge >= 0.3 is 0 Å². The van der Waals surface area contributed by atoms with Crippen molar-refractivity contribution in [3.63, 3.8) is 0 Å². The van der Waals surface area contributed by atoms with Gasteiger partial charge in [0.2, 0.25) is 5.91 Å². The van der Waals surface area contributed by atoms with E-state index >= 15 is 0 Å². The average molecular weight is 280 g/mol. The summed E-state index contributed by atoms with van der Waals surface area (Å²) in [5, 5.41) is 7.08. The van der Waals surface area contributed by atoms with Gasteiger partial charge in [0.15, 0.2) is 0 Å². The van der Waals surface area contributed by atoms with Crippen LogP contribution in [0.3, 0.4) is 0 Å². The number of primary amides is 1. The molecule has 2 heterocycles. The number of amides is 2. The number of fused-ring (bicyclic) bond motifs is 1. The van der Waals surface area contributed by atoms with Crippen molar-refractivity contribution in [2.45, 2.75) is 0 Å². The Kier molecular flexibility index (Phi) is 3.12. The third-order valence-corrected chi connectivity index (χ3v) is 3.10. The van der Waals surface area contributed by atoms with Gasteiger partial charge in [-0.25, -0.2) is 5.43 Å². The van der Waals surface area contributed by atoms with Crippen LogP contribution in [0.4, 0.5) is 5.69 Å². The van der Waals surface area contributed by atoms with E-state index in [4.69, 9.17) is 5.73 Å². The number of nitrogens with two attached hydrogens (primary N) is 1. The van der Waals surface area contributed by atoms with E-state index in [1.54, 1.807) is 6.08 Å². The molecular weight excluding hydrogens is 268 g/mol. The SMILES string of the molecule is NC(=O)/C=C/C1=NNC(=O)/C1=C1/C=Cc2ccccc2N1. The van der Waals surface area contributed by atoms with Crippen molar-refractivity contribution in [3.05, 3.63) is 59.3 Å². The molecule has 21 heavy (non-hydrogen) atoms. The molecule has 2 aliphatic rings. The number of hydrazone groups is 1. The number of nitrogens with one attached hydrogen (secondary N) is 2. The van der Waals surface area contributed by atoms with Gasteiger partial charge in [0.25, 0.3) is 5.91 Å². The van der Waals surface area contributed by atoms with E-state index in [1.807, 2.05) is 30.3 Å². The molecule has 0 aromatic heterocycles. The van der Waals surface area contributed by atoms with Crippen molar-refractivity contribution >= 4 is 29.3 Å². The van der Waals surface area contributed by atoms with E-state index in [9.17, 15) is 9.59 Å². The molecule has 2 aliphatic heterocycles. The molecule has 4 N–H and O–H groups in total. The van der Waals surface area contributed by atoms with Crippen LogP contribution in [0.2, 0.25) is 0 Å². The Morgan fingerprint density at radius 2 is 2.05 bits per heavy atom. The van der Waals surface area contributed by atoms with Crippen molar-refractivity contribution < 1.29 is 9.59 Å². The molecule has 0 atom stereocenters. The molecule has 3 rings (SSSR count). The third-order valence-electron chi connectivity index (χ3n) is 3.10. The molecule has 1 aromatic rings. The summed E-state index contributed by atoms with van der Waals surface area (Å²) in [4.78, 5) is 22.7. The molecule has 0 saturated carbocycles. The Hall–Kier alpha value is -3.15. The number of hydrogen-bond donors (Lipinski definition) is 3. The second kappa shape index (κ2) is 5.09. The minimum Gasteiger partial charge on any atom is -0.366 e. The quantitative estimate of drug-likeness (QED) is 0.702. The fourth-order valence-corrected chi connectivity index (χ4v) is 2.14. The topological polar surface area (TPSA) is 96.6 Å². The van der Waals surface area contributed by atoms with E-state index < -0.39 is 5.91 Å². The van der Waals surface area contributed by atoms with E-state index in [0.717, 1.165) is 11.3 Å². The Bertz CT molecular complexity index is 757. The first kappa shape index (κ1) is 12.9. The van der Waals surface area contributed by atoms with Gasteiger partial charge in [-0.1, -0.05) is 24.3 Å². The maximum absolute atomic E-state index is 11.9. The lowest BCUT2D eigenvalue weighted by Crippen LogP contribution is -2.18. The largest absolute Gasteiger partial charge is 0.366 e. The zero-order chi connectivity index (χ0) is 14.8. The lowest BCUT2D eigenvalue weighted by Gasteiger charge is -2.16. The van der Waals surface area contributed by atoms with Gasteiger partial charge in [0.05, 0.1) is 17.0 Å². The standard InChI is InChI=1S/C15H12N4O2/c16-13(20)8-7-12-14(15(21)19-18-12)11-6-5-9-3-1-2-4-10(9)17-11/h1-8,17H,(H2,16,20)(H,19,21)/b8-7+,14-11-. The number of carbonyl (C=O) groups excluding carboxylic acids is 2. The summed E-state index contributed by atoms with van der Waals surface area (Å²) in [6.45, 7) is 0. The maximum atomic E-state index is 11.9. The van der Waals surface area contributed by atoms with Gasteiger partial charge in [0.1, 0.15) is 0 Å². The second-order valence-corrected chi connectivity index (χ2v) is 4.51. The molecule has 6 nitrogen and oxygen atoms in total. The lowest BCUT2D eigenvalue weighted by atomic mass is 10.0. The van der Waals surface area contributed by atoms with Gasteiger partial charge in [-0.3, -0.25) is 9.59 Å². The zero-order valence-electron chi connectivity index (χ0n) is 11.0. The summed E-state index contributed by atoms with van der Waals surface area (Å²) < 4.78 is 0. The monoisotopic (exact) mass is 280 g/mol. The van der Waals surface area contributed by atoms with E-state index in [0.29, 0.717) is 17.0 Å². The van der Waals surface area contributed by atoms with Crippen molar-refractivity contribution in [2.24, 2.45) is 10.8 Å². The molecule has 6 heteroatoms. The van der Waals surface area contributed by atoms with Gasteiger partial charge in [-0.15, -0.1) is 0 Å². The Morgan fingerprint density at radius 1 is 1.24 bits per heavy atom. The minimum absolute atomic E-state index is 0.328. The molecule has 0 saturated heterocycles. The van der Waals surface area contributed by atoms with Gasteiger partial charge in [0, 0.05) is 11.8 Å². The lowest BCUT2D eigenvalue weighted by molar-refractivity contribution is -0.116. The highest BCUT2D eigenvalue weighted by atomic mass is 16.2. The Balaban J connectivity index is 2.00. The van der Waals surface area contributed by atoms with Crippen LogP contribution < -0.4 is 16.5 Å². The van der Waals surface area contributed by atoms with Crippen LogP contribution in [-0.2, 0) is 9.59 Å². The van der Waals surface area contributed by atoms with Gasteiger partial charge < -0.3 is 11.1 Å². The smallest absolute Gasteiger partial charge is 0.275 e. The first-order chi connectivity index (χ1) is 10.1. The number of hydrogen-bond acceptors (Lipinski definition) is 4. The number of allylic oxidation sites excluding steroid dienone is 2. The first-order valence-electron chi connectivity index (χ1n) is 6.29. The molecule has 0 unspecified atom stereocenters. The molecule has 2 amide bonds. The van der Waals surface area contributed by atoms with Crippen LogP contribution in [0.25, 0.3) is 6.08 Å². The van der Waals surface area contributed by atoms with Crippen LogP contribution in [0.15, 0.2) is 58.9 Å². The van der Waals surface area contributed by atoms with E-state index in [1.165, 1.54) is 12.2 Å². The Labute approximate surface area is 120 Å². The van der Waals surface area contributed by atoms with Gasteiger partial charge in [-0.05, 0) is 23.8 Å². The predicted octanol–water partition coefficient (Wildman–Crippen LogP) is 0.907. The summed E-state index contributed by atoms with van der Waals surface area (Å²) in [6.07, 6.45) is 6.30. The first-order valence-corrected chi connectivity index (χ1v) is 6.29. The van der Waals surface area contributed by atoms with Crippen LogP contribution >= 0.6 is 0 Å². The van der Waals surface area contributed by atoms with Crippen LogP contribution in [-0.4, -0.2) is 17.5 Å². The fourth-order valence-electron chi connectivity index (χ4n) is 2.14. The highest BCUT2D eigenvalue weighted by Gasteiger charge is 2.25. The number of benzene rings is 1.